The van der Waals surface area contributed by atoms with E-state index in [2.05, 4.69) is 93.9 Å². The van der Waals surface area contributed by atoms with Crippen molar-refractivity contribution in [2.24, 2.45) is 0 Å². The fourth-order valence-electron chi connectivity index (χ4n) is 7.12. The highest BCUT2D eigenvalue weighted by molar-refractivity contribution is 9.12. The van der Waals surface area contributed by atoms with Gasteiger partial charge in [0.2, 0.25) is 5.78 Å². The lowest BCUT2D eigenvalue weighted by Crippen LogP contribution is -2.66. The lowest BCUT2D eigenvalue weighted by molar-refractivity contribution is -0.160. The number of Topliss-reactive ketones (excluding diaryl/α,β-unsaturated/α-hetero) is 2. The Morgan fingerprint density at radius 1 is 0.867 bits per heavy atom. The van der Waals surface area contributed by atoms with Crippen LogP contribution < -0.4 is 9.47 Å². The van der Waals surface area contributed by atoms with Gasteiger partial charge in [-0.25, -0.2) is 0 Å². The molecule has 230 valence electrons. The number of hydrogen-bond acceptors (Lipinski definition) is 5. The summed E-state index contributed by atoms with van der Waals surface area (Å²) in [6.07, 6.45) is 1.78. The Balaban J connectivity index is 1.48. The zero-order chi connectivity index (χ0) is 32.3. The van der Waals surface area contributed by atoms with Crippen molar-refractivity contribution in [3.8, 4) is 11.5 Å². The van der Waals surface area contributed by atoms with Crippen LogP contribution in [0.2, 0.25) is 0 Å². The molecule has 5 nitrogen and oxygen atoms in total. The number of ketones is 2. The van der Waals surface area contributed by atoms with Crippen molar-refractivity contribution in [3.63, 3.8) is 0 Å². The summed E-state index contributed by atoms with van der Waals surface area (Å²) in [6.45, 7) is 14.5. The zero-order valence-corrected chi connectivity index (χ0v) is 28.3. The van der Waals surface area contributed by atoms with Gasteiger partial charge in [0, 0.05) is 29.5 Å². The molecule has 3 aliphatic rings. The molecule has 2 heterocycles. The van der Waals surface area contributed by atoms with Crippen LogP contribution in [-0.4, -0.2) is 27.9 Å². The first-order chi connectivity index (χ1) is 21.0. The lowest BCUT2D eigenvalue weighted by atomic mass is 9.65. The summed E-state index contributed by atoms with van der Waals surface area (Å²) in [5, 5.41) is 16.6. The van der Waals surface area contributed by atoms with Crippen molar-refractivity contribution >= 4 is 55.1 Å². The van der Waals surface area contributed by atoms with E-state index in [1.54, 1.807) is 0 Å². The topological polar surface area (TPSA) is 72.8 Å². The van der Waals surface area contributed by atoms with Gasteiger partial charge in [0.1, 0.15) is 21.8 Å². The summed E-state index contributed by atoms with van der Waals surface area (Å²) >= 11 is 3.46. The molecule has 1 N–H and O–H groups in total. The molecule has 0 aromatic heterocycles. The summed E-state index contributed by atoms with van der Waals surface area (Å²) in [4.78, 5) is 26.9. The SMILES string of the molecule is CC(=O)C[C@]1(O)C(=O)C(Br)=C2Oc3ccc4cc(C(C)(C)C)ccc4c3C=C2[C@@]12Cc1c(ccc3cc(C(C)(C)C)ccc13)O2. The molecule has 45 heavy (non-hydrogen) atoms. The van der Waals surface area contributed by atoms with Crippen molar-refractivity contribution in [3.05, 3.63) is 98.7 Å². The molecule has 2 aliphatic heterocycles. The molecular weight excluding hydrogens is 628 g/mol. The van der Waals surface area contributed by atoms with Gasteiger partial charge in [0.05, 0.1) is 0 Å². The number of hydrogen-bond donors (Lipinski definition) is 1. The maximum Gasteiger partial charge on any atom is 0.210 e. The smallest absolute Gasteiger partial charge is 0.210 e. The number of carbonyl (C=O) groups excluding carboxylic acids is 2. The van der Waals surface area contributed by atoms with E-state index in [-0.39, 0.29) is 27.5 Å². The van der Waals surface area contributed by atoms with Gasteiger partial charge in [-0.15, -0.1) is 0 Å². The molecule has 7 rings (SSSR count). The summed E-state index contributed by atoms with van der Waals surface area (Å²) in [7, 11) is 0. The predicted molar refractivity (Wildman–Crippen MR) is 182 cm³/mol. The second kappa shape index (κ2) is 9.63. The molecular formula is C39H37BrO5. The highest BCUT2D eigenvalue weighted by Gasteiger charge is 2.67. The minimum atomic E-state index is -2.17. The van der Waals surface area contributed by atoms with Crippen LogP contribution in [0.4, 0.5) is 0 Å². The average molecular weight is 666 g/mol. The third kappa shape index (κ3) is 4.36. The van der Waals surface area contributed by atoms with E-state index >= 15 is 0 Å². The average Bonchev–Trinajstić information content (AvgIpc) is 3.39. The van der Waals surface area contributed by atoms with Crippen LogP contribution in [0.5, 0.6) is 11.5 Å². The number of rotatable bonds is 2. The van der Waals surface area contributed by atoms with Crippen molar-refractivity contribution in [1.82, 2.24) is 0 Å². The Kier molecular flexibility index (Phi) is 6.41. The van der Waals surface area contributed by atoms with Crippen molar-refractivity contribution < 1.29 is 24.2 Å². The second-order valence-corrected chi connectivity index (χ2v) is 15.7. The van der Waals surface area contributed by atoms with Gasteiger partial charge in [0.25, 0.3) is 0 Å². The van der Waals surface area contributed by atoms with Crippen LogP contribution in [0.15, 0.2) is 76.5 Å². The van der Waals surface area contributed by atoms with Gasteiger partial charge in [-0.3, -0.25) is 9.59 Å². The molecule has 0 unspecified atom stereocenters. The molecule has 0 radical (unpaired) electrons. The summed E-state index contributed by atoms with van der Waals surface area (Å²) < 4.78 is 13.4. The van der Waals surface area contributed by atoms with E-state index in [4.69, 9.17) is 9.47 Å². The molecule has 4 aromatic rings. The molecule has 0 saturated heterocycles. The number of ether oxygens (including phenoxy) is 2. The zero-order valence-electron chi connectivity index (χ0n) is 26.7. The van der Waals surface area contributed by atoms with Crippen molar-refractivity contribution in [2.75, 3.05) is 0 Å². The van der Waals surface area contributed by atoms with Crippen LogP contribution in [0.1, 0.15) is 77.1 Å². The first kappa shape index (κ1) is 29.9. The fraction of sp³-hybridized carbons (Fsp3) is 0.333. The Morgan fingerprint density at radius 2 is 1.44 bits per heavy atom. The van der Waals surface area contributed by atoms with Crippen LogP contribution in [-0.2, 0) is 26.8 Å². The normalized spacial score (nSPS) is 22.6. The van der Waals surface area contributed by atoms with Crippen LogP contribution in [0, 0.1) is 0 Å². The largest absolute Gasteiger partial charge is 0.478 e. The van der Waals surface area contributed by atoms with Crippen LogP contribution in [0.3, 0.4) is 0 Å². The monoisotopic (exact) mass is 664 g/mol. The van der Waals surface area contributed by atoms with Crippen LogP contribution in [0.25, 0.3) is 27.6 Å². The third-order valence-electron chi connectivity index (χ3n) is 9.68. The Morgan fingerprint density at radius 3 is 2.04 bits per heavy atom. The quantitative estimate of drug-likeness (QED) is 0.232. The van der Waals surface area contributed by atoms with Gasteiger partial charge >= 0.3 is 0 Å². The maximum atomic E-state index is 14.1. The molecule has 0 amide bonds. The molecule has 1 spiro atoms. The number of carbonyl (C=O) groups is 2. The second-order valence-electron chi connectivity index (χ2n) is 14.9. The highest BCUT2D eigenvalue weighted by atomic mass is 79.9. The first-order valence-electron chi connectivity index (χ1n) is 15.4. The van der Waals surface area contributed by atoms with E-state index in [0.717, 1.165) is 32.7 Å². The van der Waals surface area contributed by atoms with Crippen molar-refractivity contribution in [1.29, 1.82) is 0 Å². The first-order valence-corrected chi connectivity index (χ1v) is 16.2. The highest BCUT2D eigenvalue weighted by Crippen LogP contribution is 2.57. The van der Waals surface area contributed by atoms with E-state index in [9.17, 15) is 14.7 Å². The van der Waals surface area contributed by atoms with E-state index in [0.29, 0.717) is 22.8 Å². The summed E-state index contributed by atoms with van der Waals surface area (Å²) in [5.74, 6) is 0.551. The number of aliphatic hydroxyl groups is 1. The molecule has 4 aromatic carbocycles. The lowest BCUT2D eigenvalue weighted by Gasteiger charge is -2.48. The van der Waals surface area contributed by atoms with E-state index < -0.39 is 23.4 Å². The molecule has 0 bridgehead atoms. The van der Waals surface area contributed by atoms with Crippen molar-refractivity contribution in [2.45, 2.75) is 83.3 Å². The van der Waals surface area contributed by atoms with Gasteiger partial charge in [-0.05, 0) is 84.6 Å². The van der Waals surface area contributed by atoms with Gasteiger partial charge < -0.3 is 14.6 Å². The Labute approximate surface area is 272 Å². The molecule has 2 atom stereocenters. The van der Waals surface area contributed by atoms with Gasteiger partial charge in [0.15, 0.2) is 17.0 Å². The molecule has 6 heteroatoms. The summed E-state index contributed by atoms with van der Waals surface area (Å²) in [6, 6.07) is 20.7. The third-order valence-corrected chi connectivity index (χ3v) is 10.4. The van der Waals surface area contributed by atoms with Crippen LogP contribution >= 0.6 is 15.9 Å². The van der Waals surface area contributed by atoms with E-state index in [1.165, 1.54) is 18.1 Å². The minimum Gasteiger partial charge on any atom is -0.478 e. The Hall–Kier alpha value is -3.74. The molecule has 0 fully saturated rings. The fourth-order valence-corrected chi connectivity index (χ4v) is 7.75. The molecule has 1 aliphatic carbocycles. The maximum absolute atomic E-state index is 14.1. The molecule has 0 saturated carbocycles. The van der Waals surface area contributed by atoms with E-state index in [1.807, 2.05) is 30.3 Å². The predicted octanol–water partition coefficient (Wildman–Crippen LogP) is 8.64. The number of halogens is 1. The number of benzene rings is 4. The Bertz CT molecular complexity index is 2050. The minimum absolute atomic E-state index is 0.0172. The van der Waals surface area contributed by atoms with Gasteiger partial charge in [-0.1, -0.05) is 90.1 Å². The summed E-state index contributed by atoms with van der Waals surface area (Å²) in [5.41, 5.74) is 0.882. The standard InChI is InChI=1S/C39H37BrO5/c1-21(41)19-38(43)35(42)33(40)34-30(18-28-26-12-10-24(36(2,3)4)16-22(26)8-14-31(28)44-34)39(38)20-29-27-13-11-25(37(5,6)7)17-23(27)9-15-32(29)45-39/h8-18,43H,19-20H2,1-7H3/t38-,39-/m0/s1. The number of fused-ring (bicyclic) bond motifs is 8. The van der Waals surface area contributed by atoms with Gasteiger partial charge in [-0.2, -0.15) is 0 Å².